The molecule has 0 saturated heterocycles. The molecule has 23 heavy (non-hydrogen) atoms. The summed E-state index contributed by atoms with van der Waals surface area (Å²) in [6, 6.07) is 13.6. The summed E-state index contributed by atoms with van der Waals surface area (Å²) in [5.74, 6) is -0.309. The maximum atomic E-state index is 13.0. The Hall–Kier alpha value is -2.95. The van der Waals surface area contributed by atoms with Gasteiger partial charge in [-0.25, -0.2) is 4.39 Å². The number of rotatable bonds is 4. The summed E-state index contributed by atoms with van der Waals surface area (Å²) in [5, 5.41) is 6.51. The predicted octanol–water partition coefficient (Wildman–Crippen LogP) is 3.72. The second kappa shape index (κ2) is 6.44. The van der Waals surface area contributed by atoms with Crippen LogP contribution in [0.15, 0.2) is 59.3 Å². The van der Waals surface area contributed by atoms with Crippen LogP contribution in [0.25, 0.3) is 11.3 Å². The molecule has 0 atom stereocenters. The van der Waals surface area contributed by atoms with Crippen LogP contribution in [0.4, 0.5) is 4.39 Å². The molecule has 2 aromatic carbocycles. The van der Waals surface area contributed by atoms with Crippen LogP contribution in [0.3, 0.4) is 0 Å². The Labute approximate surface area is 132 Å². The second-order valence-corrected chi connectivity index (χ2v) is 5.24. The van der Waals surface area contributed by atoms with Crippen LogP contribution in [-0.2, 0) is 6.54 Å². The summed E-state index contributed by atoms with van der Waals surface area (Å²) in [5.41, 5.74) is 3.09. The van der Waals surface area contributed by atoms with Crippen molar-refractivity contribution in [2.24, 2.45) is 0 Å². The highest BCUT2D eigenvalue weighted by Gasteiger charge is 2.17. The minimum Gasteiger partial charge on any atom is -0.355 e. The number of halogens is 1. The molecule has 0 aliphatic rings. The molecule has 0 aliphatic carbocycles. The first kappa shape index (κ1) is 15.0. The van der Waals surface area contributed by atoms with Crippen LogP contribution in [0.2, 0.25) is 0 Å². The topological polar surface area (TPSA) is 55.1 Å². The minimum atomic E-state index is -0.348. The molecule has 0 radical (unpaired) electrons. The number of aromatic nitrogens is 1. The van der Waals surface area contributed by atoms with Gasteiger partial charge in [0.05, 0.1) is 6.20 Å². The summed E-state index contributed by atoms with van der Waals surface area (Å²) in [6.07, 6.45) is 1.36. The van der Waals surface area contributed by atoms with E-state index in [4.69, 9.17) is 4.52 Å². The summed E-state index contributed by atoms with van der Waals surface area (Å²) in [7, 11) is 0. The van der Waals surface area contributed by atoms with Crippen LogP contribution >= 0.6 is 0 Å². The molecule has 0 bridgehead atoms. The lowest BCUT2D eigenvalue weighted by molar-refractivity contribution is 0.0951. The average Bonchev–Trinajstić information content (AvgIpc) is 3.04. The van der Waals surface area contributed by atoms with Gasteiger partial charge < -0.3 is 9.84 Å². The fourth-order valence-electron chi connectivity index (χ4n) is 2.19. The molecule has 5 heteroatoms. The molecule has 3 aromatic rings. The summed E-state index contributed by atoms with van der Waals surface area (Å²) < 4.78 is 18.1. The van der Waals surface area contributed by atoms with Gasteiger partial charge in [-0.3, -0.25) is 4.79 Å². The highest BCUT2D eigenvalue weighted by atomic mass is 19.1. The van der Waals surface area contributed by atoms with Crippen molar-refractivity contribution in [2.75, 3.05) is 0 Å². The van der Waals surface area contributed by atoms with Crippen molar-refractivity contribution in [3.8, 4) is 11.3 Å². The van der Waals surface area contributed by atoms with Crippen molar-refractivity contribution in [1.29, 1.82) is 0 Å². The summed E-state index contributed by atoms with van der Waals surface area (Å²) >= 11 is 0. The predicted molar refractivity (Wildman–Crippen MR) is 84.2 cm³/mol. The molecular weight excluding hydrogens is 295 g/mol. The van der Waals surface area contributed by atoms with E-state index in [1.54, 1.807) is 12.1 Å². The molecule has 1 amide bonds. The van der Waals surface area contributed by atoms with Gasteiger partial charge in [0.1, 0.15) is 11.4 Å². The molecule has 1 heterocycles. The quantitative estimate of drug-likeness (QED) is 0.799. The third kappa shape index (κ3) is 3.45. The molecule has 0 spiro atoms. The molecule has 3 rings (SSSR count). The van der Waals surface area contributed by atoms with Crippen LogP contribution in [0.1, 0.15) is 21.5 Å². The van der Waals surface area contributed by atoms with E-state index in [2.05, 4.69) is 10.5 Å². The summed E-state index contributed by atoms with van der Waals surface area (Å²) in [6.45, 7) is 2.42. The average molecular weight is 310 g/mol. The Bertz CT molecular complexity index is 808. The van der Waals surface area contributed by atoms with E-state index >= 15 is 0 Å². The first-order chi connectivity index (χ1) is 11.1. The monoisotopic (exact) mass is 310 g/mol. The number of benzene rings is 2. The van der Waals surface area contributed by atoms with Gasteiger partial charge in [-0.1, -0.05) is 35.0 Å². The van der Waals surface area contributed by atoms with Crippen LogP contribution in [-0.4, -0.2) is 11.1 Å². The van der Waals surface area contributed by atoms with Gasteiger partial charge in [-0.05, 0) is 36.8 Å². The van der Waals surface area contributed by atoms with E-state index < -0.39 is 0 Å². The Balaban J connectivity index is 1.74. The number of carbonyl (C=O) groups excluding carboxylic acids is 1. The SMILES string of the molecule is Cc1ccc(CNC(=O)c2cnoc2-c2ccc(F)cc2)cc1. The van der Waals surface area contributed by atoms with Crippen molar-refractivity contribution in [3.05, 3.63) is 77.2 Å². The maximum Gasteiger partial charge on any atom is 0.257 e. The first-order valence-corrected chi connectivity index (χ1v) is 7.18. The first-order valence-electron chi connectivity index (χ1n) is 7.18. The minimum absolute atomic E-state index is 0.286. The van der Waals surface area contributed by atoms with E-state index in [1.807, 2.05) is 31.2 Å². The molecular formula is C18H15FN2O2. The van der Waals surface area contributed by atoms with Gasteiger partial charge in [0.2, 0.25) is 0 Å². The number of hydrogen-bond donors (Lipinski definition) is 1. The van der Waals surface area contributed by atoms with Crippen molar-refractivity contribution in [3.63, 3.8) is 0 Å². The van der Waals surface area contributed by atoms with Gasteiger partial charge in [-0.15, -0.1) is 0 Å². The highest BCUT2D eigenvalue weighted by Crippen LogP contribution is 2.23. The van der Waals surface area contributed by atoms with Crippen molar-refractivity contribution in [2.45, 2.75) is 13.5 Å². The summed E-state index contributed by atoms with van der Waals surface area (Å²) in [4.78, 5) is 12.3. The number of aryl methyl sites for hydroxylation is 1. The zero-order valence-electron chi connectivity index (χ0n) is 12.5. The fraction of sp³-hybridized carbons (Fsp3) is 0.111. The van der Waals surface area contributed by atoms with Gasteiger partial charge in [-0.2, -0.15) is 0 Å². The molecule has 0 unspecified atom stereocenters. The van der Waals surface area contributed by atoms with Gasteiger partial charge in [0, 0.05) is 12.1 Å². The molecule has 1 N–H and O–H groups in total. The molecule has 4 nitrogen and oxygen atoms in total. The van der Waals surface area contributed by atoms with Crippen LogP contribution in [0, 0.1) is 12.7 Å². The Morgan fingerprint density at radius 2 is 1.83 bits per heavy atom. The van der Waals surface area contributed by atoms with E-state index in [0.29, 0.717) is 23.4 Å². The Morgan fingerprint density at radius 1 is 1.13 bits per heavy atom. The molecule has 0 fully saturated rings. The lowest BCUT2D eigenvalue weighted by Crippen LogP contribution is -2.22. The second-order valence-electron chi connectivity index (χ2n) is 5.24. The zero-order valence-corrected chi connectivity index (χ0v) is 12.5. The van der Waals surface area contributed by atoms with E-state index in [-0.39, 0.29) is 11.7 Å². The largest absolute Gasteiger partial charge is 0.355 e. The third-order valence-corrected chi connectivity index (χ3v) is 3.50. The third-order valence-electron chi connectivity index (χ3n) is 3.50. The number of carbonyl (C=O) groups is 1. The molecule has 116 valence electrons. The van der Waals surface area contributed by atoms with Crippen molar-refractivity contribution in [1.82, 2.24) is 10.5 Å². The van der Waals surface area contributed by atoms with Gasteiger partial charge in [0.25, 0.3) is 5.91 Å². The Morgan fingerprint density at radius 3 is 2.52 bits per heavy atom. The highest BCUT2D eigenvalue weighted by molar-refractivity contribution is 5.99. The van der Waals surface area contributed by atoms with E-state index in [0.717, 1.165) is 11.1 Å². The smallest absolute Gasteiger partial charge is 0.257 e. The molecule has 0 aliphatic heterocycles. The number of nitrogens with one attached hydrogen (secondary N) is 1. The van der Waals surface area contributed by atoms with E-state index in [1.165, 1.54) is 18.3 Å². The lowest BCUT2D eigenvalue weighted by atomic mass is 10.1. The van der Waals surface area contributed by atoms with Crippen molar-refractivity contribution >= 4 is 5.91 Å². The lowest BCUT2D eigenvalue weighted by Gasteiger charge is -2.05. The Kier molecular flexibility index (Phi) is 4.19. The van der Waals surface area contributed by atoms with Crippen LogP contribution < -0.4 is 5.32 Å². The van der Waals surface area contributed by atoms with Gasteiger partial charge >= 0.3 is 0 Å². The maximum absolute atomic E-state index is 13.0. The standard InChI is InChI=1S/C18H15FN2O2/c1-12-2-4-13(5-3-12)10-20-18(22)16-11-21-23-17(16)14-6-8-15(19)9-7-14/h2-9,11H,10H2,1H3,(H,20,22). The normalized spacial score (nSPS) is 10.5. The number of hydrogen-bond acceptors (Lipinski definition) is 3. The molecule has 0 saturated carbocycles. The van der Waals surface area contributed by atoms with Gasteiger partial charge in [0.15, 0.2) is 5.76 Å². The van der Waals surface area contributed by atoms with E-state index in [9.17, 15) is 9.18 Å². The number of amides is 1. The van der Waals surface area contributed by atoms with Crippen molar-refractivity contribution < 1.29 is 13.7 Å². The molecule has 1 aromatic heterocycles. The zero-order chi connectivity index (χ0) is 16.2. The fourth-order valence-corrected chi connectivity index (χ4v) is 2.19. The van der Waals surface area contributed by atoms with Crippen LogP contribution in [0.5, 0.6) is 0 Å². The number of nitrogens with zero attached hydrogens (tertiary/aromatic N) is 1.